The van der Waals surface area contributed by atoms with Crippen LogP contribution in [0.5, 0.6) is 0 Å². The number of nitrogens with one attached hydrogen (secondary N) is 1. The number of hydrogen-bond donors (Lipinski definition) is 1. The van der Waals surface area contributed by atoms with Crippen molar-refractivity contribution in [1.29, 1.82) is 0 Å². The first kappa shape index (κ1) is 11.8. The smallest absolute Gasteiger partial charge is 0.407 e. The Labute approximate surface area is 95.6 Å². The van der Waals surface area contributed by atoms with Crippen molar-refractivity contribution in [2.75, 3.05) is 7.11 Å². The van der Waals surface area contributed by atoms with Crippen molar-refractivity contribution in [3.05, 3.63) is 35.1 Å². The molecule has 0 radical (unpaired) electrons. The molecule has 17 heavy (non-hydrogen) atoms. The third kappa shape index (κ3) is 2.07. The molecule has 1 amide bonds. The van der Waals surface area contributed by atoms with Gasteiger partial charge in [0.2, 0.25) is 0 Å². The maximum atomic E-state index is 13.5. The van der Waals surface area contributed by atoms with Gasteiger partial charge in [-0.05, 0) is 12.8 Å². The van der Waals surface area contributed by atoms with Crippen LogP contribution in [0.3, 0.4) is 0 Å². The van der Waals surface area contributed by atoms with E-state index in [0.717, 1.165) is 7.11 Å². The molecule has 3 nitrogen and oxygen atoms in total. The van der Waals surface area contributed by atoms with Gasteiger partial charge in [0.05, 0.1) is 12.6 Å². The number of alkyl carbamates (subject to hydrolysis) is 1. The van der Waals surface area contributed by atoms with E-state index in [1.807, 2.05) is 0 Å². The normalized spacial score (nSPS) is 16.5. The summed E-state index contributed by atoms with van der Waals surface area (Å²) in [7, 11) is 1.16. The second-order valence-electron chi connectivity index (χ2n) is 3.94. The van der Waals surface area contributed by atoms with E-state index in [0.29, 0.717) is 25.0 Å². The Kier molecular flexibility index (Phi) is 2.73. The summed E-state index contributed by atoms with van der Waals surface area (Å²) < 4.78 is 44.2. The van der Waals surface area contributed by atoms with Crippen molar-refractivity contribution in [2.24, 2.45) is 0 Å². The first-order valence-electron chi connectivity index (χ1n) is 5.00. The minimum Gasteiger partial charge on any atom is -0.453 e. The Morgan fingerprint density at radius 1 is 1.29 bits per heavy atom. The lowest BCUT2D eigenvalue weighted by Crippen LogP contribution is -2.36. The highest BCUT2D eigenvalue weighted by Gasteiger charge is 2.49. The minimum absolute atomic E-state index is 0.315. The maximum Gasteiger partial charge on any atom is 0.407 e. The van der Waals surface area contributed by atoms with E-state index in [4.69, 9.17) is 0 Å². The molecule has 1 aromatic rings. The van der Waals surface area contributed by atoms with E-state index >= 15 is 0 Å². The largest absolute Gasteiger partial charge is 0.453 e. The summed E-state index contributed by atoms with van der Waals surface area (Å²) in [4.78, 5) is 11.1. The van der Waals surface area contributed by atoms with E-state index in [1.54, 1.807) is 0 Å². The molecule has 0 atom stereocenters. The van der Waals surface area contributed by atoms with Crippen molar-refractivity contribution in [2.45, 2.75) is 18.4 Å². The van der Waals surface area contributed by atoms with Gasteiger partial charge in [-0.15, -0.1) is 0 Å². The SMILES string of the molecule is COC(=O)NC1(c2c(F)cc(F)cc2F)CC1. The molecule has 1 aliphatic rings. The molecule has 1 fully saturated rings. The van der Waals surface area contributed by atoms with E-state index in [-0.39, 0.29) is 5.56 Å². The predicted octanol–water partition coefficient (Wildman–Crippen LogP) is 2.45. The van der Waals surface area contributed by atoms with Gasteiger partial charge < -0.3 is 10.1 Å². The lowest BCUT2D eigenvalue weighted by molar-refractivity contribution is 0.164. The molecule has 0 aromatic heterocycles. The van der Waals surface area contributed by atoms with Gasteiger partial charge in [0, 0.05) is 17.7 Å². The zero-order valence-electron chi connectivity index (χ0n) is 9.02. The van der Waals surface area contributed by atoms with E-state index in [9.17, 15) is 18.0 Å². The predicted molar refractivity (Wildman–Crippen MR) is 52.8 cm³/mol. The first-order chi connectivity index (χ1) is 7.98. The molecule has 1 aromatic carbocycles. The van der Waals surface area contributed by atoms with Crippen LogP contribution in [0.4, 0.5) is 18.0 Å². The number of carbonyl (C=O) groups excluding carboxylic acids is 1. The highest BCUT2D eigenvalue weighted by Crippen LogP contribution is 2.47. The van der Waals surface area contributed by atoms with E-state index in [2.05, 4.69) is 10.1 Å². The summed E-state index contributed by atoms with van der Waals surface area (Å²) >= 11 is 0. The van der Waals surface area contributed by atoms with Gasteiger partial charge >= 0.3 is 6.09 Å². The molecule has 92 valence electrons. The number of halogens is 3. The number of amides is 1. The third-order valence-corrected chi connectivity index (χ3v) is 2.76. The zero-order chi connectivity index (χ0) is 12.6. The standard InChI is InChI=1S/C11H10F3NO2/c1-17-10(16)15-11(2-3-11)9-7(13)4-6(12)5-8(9)14/h4-5H,2-3H2,1H3,(H,15,16). The molecule has 0 heterocycles. The van der Waals surface area contributed by atoms with Gasteiger partial charge in [-0.25, -0.2) is 18.0 Å². The van der Waals surface area contributed by atoms with Crippen LogP contribution in [0.2, 0.25) is 0 Å². The average molecular weight is 245 g/mol. The van der Waals surface area contributed by atoms with Crippen LogP contribution in [0.15, 0.2) is 12.1 Å². The first-order valence-corrected chi connectivity index (χ1v) is 5.00. The average Bonchev–Trinajstić information content (AvgIpc) is 2.96. The lowest BCUT2D eigenvalue weighted by Gasteiger charge is -2.18. The molecule has 2 rings (SSSR count). The molecule has 1 N–H and O–H groups in total. The van der Waals surface area contributed by atoms with Gasteiger partial charge in [0.25, 0.3) is 0 Å². The van der Waals surface area contributed by atoms with Crippen molar-refractivity contribution in [3.8, 4) is 0 Å². The second kappa shape index (κ2) is 3.94. The molecule has 1 aliphatic carbocycles. The summed E-state index contributed by atoms with van der Waals surface area (Å²) in [5.74, 6) is -2.99. The molecule has 6 heteroatoms. The van der Waals surface area contributed by atoms with E-state index < -0.39 is 29.1 Å². The summed E-state index contributed by atoms with van der Waals surface area (Å²) in [5, 5.41) is 2.37. The molecular weight excluding hydrogens is 235 g/mol. The van der Waals surface area contributed by atoms with Gasteiger partial charge in [0.1, 0.15) is 17.5 Å². The number of rotatable bonds is 2. The fraction of sp³-hybridized carbons (Fsp3) is 0.364. The summed E-state index contributed by atoms with van der Waals surface area (Å²) in [6.45, 7) is 0. The lowest BCUT2D eigenvalue weighted by atomic mass is 10.0. The highest BCUT2D eigenvalue weighted by molar-refractivity contribution is 5.69. The van der Waals surface area contributed by atoms with Crippen molar-refractivity contribution in [3.63, 3.8) is 0 Å². The van der Waals surface area contributed by atoms with Crippen LogP contribution in [-0.4, -0.2) is 13.2 Å². The van der Waals surface area contributed by atoms with Crippen molar-refractivity contribution in [1.82, 2.24) is 5.32 Å². The number of carbonyl (C=O) groups is 1. The summed E-state index contributed by atoms with van der Waals surface area (Å²) in [5.41, 5.74) is -1.42. The maximum absolute atomic E-state index is 13.5. The monoisotopic (exact) mass is 245 g/mol. The number of ether oxygens (including phenoxy) is 1. The Morgan fingerprint density at radius 3 is 2.24 bits per heavy atom. The van der Waals surface area contributed by atoms with Crippen LogP contribution in [0.1, 0.15) is 18.4 Å². The Hall–Kier alpha value is -1.72. The van der Waals surface area contributed by atoms with Crippen LogP contribution in [-0.2, 0) is 10.3 Å². The second-order valence-corrected chi connectivity index (χ2v) is 3.94. The van der Waals surface area contributed by atoms with Crippen molar-refractivity contribution < 1.29 is 22.7 Å². The summed E-state index contributed by atoms with van der Waals surface area (Å²) in [6, 6.07) is 1.19. The quantitative estimate of drug-likeness (QED) is 0.869. The fourth-order valence-electron chi connectivity index (χ4n) is 1.81. The van der Waals surface area contributed by atoms with Gasteiger partial charge in [-0.3, -0.25) is 0 Å². The number of hydrogen-bond acceptors (Lipinski definition) is 2. The topological polar surface area (TPSA) is 38.3 Å². The van der Waals surface area contributed by atoms with Gasteiger partial charge in [-0.2, -0.15) is 0 Å². The fourth-order valence-corrected chi connectivity index (χ4v) is 1.81. The molecular formula is C11H10F3NO2. The molecule has 0 aliphatic heterocycles. The zero-order valence-corrected chi connectivity index (χ0v) is 9.02. The van der Waals surface area contributed by atoms with Crippen LogP contribution >= 0.6 is 0 Å². The molecule has 1 saturated carbocycles. The molecule has 0 saturated heterocycles. The Balaban J connectivity index is 2.37. The Morgan fingerprint density at radius 2 is 1.82 bits per heavy atom. The van der Waals surface area contributed by atoms with Crippen LogP contribution < -0.4 is 5.32 Å². The Bertz CT molecular complexity index is 449. The van der Waals surface area contributed by atoms with Gasteiger partial charge in [-0.1, -0.05) is 0 Å². The molecule has 0 spiro atoms. The third-order valence-electron chi connectivity index (χ3n) is 2.76. The number of benzene rings is 1. The van der Waals surface area contributed by atoms with Crippen molar-refractivity contribution >= 4 is 6.09 Å². The van der Waals surface area contributed by atoms with Gasteiger partial charge in [0.15, 0.2) is 0 Å². The molecule has 0 unspecified atom stereocenters. The number of methoxy groups -OCH3 is 1. The molecule has 0 bridgehead atoms. The van der Waals surface area contributed by atoms with E-state index in [1.165, 1.54) is 0 Å². The minimum atomic E-state index is -1.10. The van der Waals surface area contributed by atoms with Crippen LogP contribution in [0.25, 0.3) is 0 Å². The highest BCUT2D eigenvalue weighted by atomic mass is 19.1. The summed E-state index contributed by atoms with van der Waals surface area (Å²) in [6.07, 6.45) is 0.00833. The van der Waals surface area contributed by atoms with Crippen LogP contribution in [0, 0.1) is 17.5 Å².